The fourth-order valence-corrected chi connectivity index (χ4v) is 4.14. The number of amides is 2. The van der Waals surface area contributed by atoms with Crippen LogP contribution in [0.2, 0.25) is 0 Å². The molecule has 1 fully saturated rings. The van der Waals surface area contributed by atoms with Gasteiger partial charge in [0.15, 0.2) is 0 Å². The maximum Gasteiger partial charge on any atom is 0.408 e. The number of nitrogens with zero attached hydrogens (tertiary/aromatic N) is 1. The van der Waals surface area contributed by atoms with Crippen LogP contribution in [0.3, 0.4) is 0 Å². The normalized spacial score (nSPS) is 18.0. The molecule has 1 heterocycles. The number of ether oxygens (including phenoxy) is 2. The first-order valence-corrected chi connectivity index (χ1v) is 12.5. The number of hydrogen-bond acceptors (Lipinski definition) is 6. The number of nitrogens with one attached hydrogen (secondary N) is 2. The average Bonchev–Trinajstić information content (AvgIpc) is 3.24. The largest absolute Gasteiger partial charge is 0.459 e. The number of hydrogen-bond donors (Lipinski definition) is 2. The first kappa shape index (κ1) is 29.2. The van der Waals surface area contributed by atoms with E-state index in [2.05, 4.69) is 16.6 Å². The summed E-state index contributed by atoms with van der Waals surface area (Å²) in [6, 6.07) is 7.96. The molecule has 0 aliphatic carbocycles. The minimum Gasteiger partial charge on any atom is -0.459 e. The maximum absolute atomic E-state index is 13.2. The third-order valence-corrected chi connectivity index (χ3v) is 5.60. The molecule has 2 N–H and O–H groups in total. The van der Waals surface area contributed by atoms with Gasteiger partial charge in [-0.15, -0.1) is 12.3 Å². The lowest BCUT2D eigenvalue weighted by atomic mass is 10.0. The summed E-state index contributed by atoms with van der Waals surface area (Å²) in [4.78, 5) is 40.5. The van der Waals surface area contributed by atoms with Crippen LogP contribution in [-0.2, 0) is 25.5 Å². The van der Waals surface area contributed by atoms with E-state index in [4.69, 9.17) is 15.9 Å². The van der Waals surface area contributed by atoms with Crippen LogP contribution < -0.4 is 10.6 Å². The third kappa shape index (κ3) is 9.90. The average molecular weight is 500 g/mol. The van der Waals surface area contributed by atoms with Crippen LogP contribution in [-0.4, -0.2) is 65.3 Å². The number of benzene rings is 1. The summed E-state index contributed by atoms with van der Waals surface area (Å²) in [7, 11) is 0. The Balaban J connectivity index is 2.11. The van der Waals surface area contributed by atoms with E-state index in [0.717, 1.165) is 12.0 Å². The second-order valence-corrected chi connectivity index (χ2v) is 11.1. The van der Waals surface area contributed by atoms with Gasteiger partial charge < -0.3 is 20.1 Å². The Hall–Kier alpha value is -3.05. The van der Waals surface area contributed by atoms with Crippen LogP contribution in [0.5, 0.6) is 0 Å². The molecule has 198 valence electrons. The van der Waals surface area contributed by atoms with Gasteiger partial charge in [0.25, 0.3) is 0 Å². The van der Waals surface area contributed by atoms with Crippen molar-refractivity contribution in [3.05, 3.63) is 35.9 Å². The Kier molecular flexibility index (Phi) is 10.4. The molecular weight excluding hydrogens is 458 g/mol. The fraction of sp³-hybridized carbons (Fsp3) is 0.607. The van der Waals surface area contributed by atoms with Gasteiger partial charge in [-0.05, 0) is 66.5 Å². The minimum atomic E-state index is -0.839. The zero-order valence-electron chi connectivity index (χ0n) is 22.4. The lowest BCUT2D eigenvalue weighted by Crippen LogP contribution is -2.53. The quantitative estimate of drug-likeness (QED) is 0.399. The van der Waals surface area contributed by atoms with Gasteiger partial charge in [-0.3, -0.25) is 14.5 Å². The fourth-order valence-electron chi connectivity index (χ4n) is 4.14. The maximum atomic E-state index is 13.2. The Morgan fingerprint density at radius 1 is 1.08 bits per heavy atom. The molecule has 1 aromatic carbocycles. The van der Waals surface area contributed by atoms with Crippen LogP contribution >= 0.6 is 0 Å². The molecule has 36 heavy (non-hydrogen) atoms. The van der Waals surface area contributed by atoms with Crippen LogP contribution in [0, 0.1) is 12.3 Å². The molecular formula is C28H41N3O5. The molecule has 0 spiro atoms. The molecule has 0 unspecified atom stereocenters. The SMILES string of the molecule is C#CC[C@H](CNC(=O)[C@H](Cc1ccccc1)NC(=O)OC(C)(C)C)N1CCC[C@H]1C(=O)OC(C)(C)C. The lowest BCUT2D eigenvalue weighted by molar-refractivity contribution is -0.161. The molecule has 3 atom stereocenters. The van der Waals surface area contributed by atoms with E-state index in [9.17, 15) is 14.4 Å². The number of carbonyl (C=O) groups excluding carboxylic acids is 3. The highest BCUT2D eigenvalue weighted by Crippen LogP contribution is 2.24. The first-order chi connectivity index (χ1) is 16.8. The molecule has 2 amide bonds. The number of esters is 1. The second-order valence-electron chi connectivity index (χ2n) is 11.1. The Labute approximate surface area is 215 Å². The van der Waals surface area contributed by atoms with Crippen molar-refractivity contribution in [1.29, 1.82) is 0 Å². The second kappa shape index (κ2) is 12.8. The third-order valence-electron chi connectivity index (χ3n) is 5.60. The van der Waals surface area contributed by atoms with Crippen molar-refractivity contribution in [3.63, 3.8) is 0 Å². The number of terminal acetylenes is 1. The molecule has 8 heteroatoms. The number of carbonyl (C=O) groups is 3. The molecule has 1 aromatic rings. The van der Waals surface area contributed by atoms with Crippen molar-refractivity contribution in [3.8, 4) is 12.3 Å². The summed E-state index contributed by atoms with van der Waals surface area (Å²) in [5.41, 5.74) is -0.375. The van der Waals surface area contributed by atoms with Crippen molar-refractivity contribution in [2.45, 2.75) is 96.6 Å². The Bertz CT molecular complexity index is 927. The van der Waals surface area contributed by atoms with E-state index in [0.29, 0.717) is 25.8 Å². The summed E-state index contributed by atoms with van der Waals surface area (Å²) in [6.07, 6.45) is 7.16. The first-order valence-electron chi connectivity index (χ1n) is 12.5. The lowest BCUT2D eigenvalue weighted by Gasteiger charge is -2.33. The predicted octanol–water partition coefficient (Wildman–Crippen LogP) is 3.44. The van der Waals surface area contributed by atoms with Gasteiger partial charge in [-0.1, -0.05) is 30.3 Å². The van der Waals surface area contributed by atoms with Crippen molar-refractivity contribution in [1.82, 2.24) is 15.5 Å². The Morgan fingerprint density at radius 2 is 1.72 bits per heavy atom. The highest BCUT2D eigenvalue weighted by molar-refractivity contribution is 5.86. The Morgan fingerprint density at radius 3 is 2.31 bits per heavy atom. The molecule has 0 bridgehead atoms. The highest BCUT2D eigenvalue weighted by Gasteiger charge is 2.38. The van der Waals surface area contributed by atoms with Crippen molar-refractivity contribution in [2.24, 2.45) is 0 Å². The van der Waals surface area contributed by atoms with Gasteiger partial charge in [-0.25, -0.2) is 4.79 Å². The summed E-state index contributed by atoms with van der Waals surface area (Å²) < 4.78 is 11.0. The van der Waals surface area contributed by atoms with Gasteiger partial charge >= 0.3 is 12.1 Å². The van der Waals surface area contributed by atoms with Gasteiger partial charge in [0.1, 0.15) is 23.3 Å². The standard InChI is InChI=1S/C28H41N3O5/c1-8-13-21(31-17-12-16-23(31)25(33)35-27(2,3)4)19-29-24(32)22(18-20-14-10-9-11-15-20)30-26(34)36-28(5,6)7/h1,9-11,14-15,21-23H,12-13,16-19H2,2-7H3,(H,29,32)(H,30,34)/t21-,22+,23+/m1/s1. The van der Waals surface area contributed by atoms with Crippen molar-refractivity contribution < 1.29 is 23.9 Å². The van der Waals surface area contributed by atoms with Gasteiger partial charge in [0, 0.05) is 25.4 Å². The number of likely N-dealkylation sites (tertiary alicyclic amines) is 1. The minimum absolute atomic E-state index is 0.238. The molecule has 0 saturated carbocycles. The van der Waals surface area contributed by atoms with Crippen molar-refractivity contribution >= 4 is 18.0 Å². The monoisotopic (exact) mass is 499 g/mol. The molecule has 1 aliphatic heterocycles. The molecule has 1 saturated heterocycles. The van der Waals surface area contributed by atoms with E-state index in [-0.39, 0.29) is 24.5 Å². The predicted molar refractivity (Wildman–Crippen MR) is 139 cm³/mol. The molecule has 0 radical (unpaired) electrons. The number of rotatable bonds is 9. The zero-order chi connectivity index (χ0) is 26.9. The molecule has 0 aromatic heterocycles. The van der Waals surface area contributed by atoms with E-state index in [1.807, 2.05) is 56.0 Å². The molecule has 2 rings (SSSR count). The highest BCUT2D eigenvalue weighted by atomic mass is 16.6. The van der Waals surface area contributed by atoms with Gasteiger partial charge in [0.05, 0.1) is 0 Å². The van der Waals surface area contributed by atoms with E-state index >= 15 is 0 Å². The molecule has 8 nitrogen and oxygen atoms in total. The van der Waals surface area contributed by atoms with E-state index in [1.165, 1.54) is 0 Å². The topological polar surface area (TPSA) is 97.0 Å². The summed E-state index contributed by atoms with van der Waals surface area (Å²) in [6.45, 7) is 11.7. The van der Waals surface area contributed by atoms with Crippen LogP contribution in [0.4, 0.5) is 4.79 Å². The van der Waals surface area contributed by atoms with E-state index < -0.39 is 29.4 Å². The summed E-state index contributed by atoms with van der Waals surface area (Å²) in [5, 5.41) is 5.64. The molecule has 1 aliphatic rings. The number of alkyl carbamates (subject to hydrolysis) is 1. The van der Waals surface area contributed by atoms with E-state index in [1.54, 1.807) is 20.8 Å². The van der Waals surface area contributed by atoms with Gasteiger partial charge in [-0.2, -0.15) is 0 Å². The zero-order valence-corrected chi connectivity index (χ0v) is 22.4. The van der Waals surface area contributed by atoms with Crippen LogP contribution in [0.1, 0.15) is 66.4 Å². The van der Waals surface area contributed by atoms with Crippen molar-refractivity contribution in [2.75, 3.05) is 13.1 Å². The summed E-state index contributed by atoms with van der Waals surface area (Å²) >= 11 is 0. The van der Waals surface area contributed by atoms with Crippen LogP contribution in [0.25, 0.3) is 0 Å². The van der Waals surface area contributed by atoms with Gasteiger partial charge in [0.2, 0.25) is 5.91 Å². The summed E-state index contributed by atoms with van der Waals surface area (Å²) in [5.74, 6) is 2.04. The van der Waals surface area contributed by atoms with Crippen LogP contribution in [0.15, 0.2) is 30.3 Å². The smallest absolute Gasteiger partial charge is 0.408 e.